The van der Waals surface area contributed by atoms with Crippen molar-refractivity contribution in [3.05, 3.63) is 30.3 Å². The van der Waals surface area contributed by atoms with Gasteiger partial charge in [-0.3, -0.25) is 0 Å². The maximum Gasteiger partial charge on any atom is 0.213 e. The molecule has 114 valence electrons. The van der Waals surface area contributed by atoms with E-state index in [2.05, 4.69) is 27.7 Å². The van der Waals surface area contributed by atoms with Gasteiger partial charge in [0.25, 0.3) is 0 Å². The highest BCUT2D eigenvalue weighted by molar-refractivity contribution is 5.22. The first-order valence-corrected chi connectivity index (χ1v) is 7.97. The lowest BCUT2D eigenvalue weighted by Gasteiger charge is -2.44. The minimum Gasteiger partial charge on any atom is -0.462 e. The average Bonchev–Trinajstić information content (AvgIpc) is 2.46. The molecule has 0 aliphatic heterocycles. The molecule has 0 spiro atoms. The largest absolute Gasteiger partial charge is 0.462 e. The number of benzene rings is 1. The van der Waals surface area contributed by atoms with Crippen LogP contribution in [0, 0.1) is 5.41 Å². The molecule has 0 bridgehead atoms. The van der Waals surface area contributed by atoms with Crippen LogP contribution in [-0.4, -0.2) is 10.9 Å². The number of ether oxygens (including phenoxy) is 1. The minimum absolute atomic E-state index is 0.216. The van der Waals surface area contributed by atoms with Gasteiger partial charge in [-0.05, 0) is 31.4 Å². The van der Waals surface area contributed by atoms with E-state index < -0.39 is 5.79 Å². The third kappa shape index (κ3) is 3.99. The summed E-state index contributed by atoms with van der Waals surface area (Å²) in [5, 5.41) is 11.2. The smallest absolute Gasteiger partial charge is 0.213 e. The van der Waals surface area contributed by atoms with Crippen molar-refractivity contribution in [1.29, 1.82) is 0 Å². The van der Waals surface area contributed by atoms with Gasteiger partial charge in [-0.1, -0.05) is 58.7 Å². The van der Waals surface area contributed by atoms with Crippen molar-refractivity contribution >= 4 is 0 Å². The van der Waals surface area contributed by atoms with Crippen LogP contribution >= 0.6 is 0 Å². The summed E-state index contributed by atoms with van der Waals surface area (Å²) in [5.74, 6) is -0.336. The first kappa shape index (κ1) is 17.0. The van der Waals surface area contributed by atoms with Gasteiger partial charge >= 0.3 is 0 Å². The van der Waals surface area contributed by atoms with Crippen LogP contribution < -0.4 is 4.74 Å². The fourth-order valence-electron chi connectivity index (χ4n) is 2.78. The van der Waals surface area contributed by atoms with E-state index in [0.29, 0.717) is 6.42 Å². The Kier molecular flexibility index (Phi) is 6.54. The van der Waals surface area contributed by atoms with Crippen LogP contribution in [0.1, 0.15) is 66.2 Å². The molecule has 2 atom stereocenters. The van der Waals surface area contributed by atoms with E-state index in [4.69, 9.17) is 4.74 Å². The number of rotatable bonds is 9. The molecule has 1 N–H and O–H groups in total. The first-order valence-electron chi connectivity index (χ1n) is 7.97. The Morgan fingerprint density at radius 1 is 1.00 bits per heavy atom. The lowest BCUT2D eigenvalue weighted by Crippen LogP contribution is -2.51. The lowest BCUT2D eigenvalue weighted by molar-refractivity contribution is -0.227. The molecule has 0 aromatic heterocycles. The molecule has 0 amide bonds. The van der Waals surface area contributed by atoms with Gasteiger partial charge in [0.05, 0.1) is 0 Å². The van der Waals surface area contributed by atoms with E-state index in [1.807, 2.05) is 30.3 Å². The molecule has 0 radical (unpaired) electrons. The topological polar surface area (TPSA) is 29.5 Å². The van der Waals surface area contributed by atoms with E-state index in [1.54, 1.807) is 0 Å². The van der Waals surface area contributed by atoms with E-state index in [-0.39, 0.29) is 5.41 Å². The van der Waals surface area contributed by atoms with Crippen LogP contribution in [-0.2, 0) is 0 Å². The highest BCUT2D eigenvalue weighted by Crippen LogP contribution is 2.43. The molecule has 2 nitrogen and oxygen atoms in total. The molecule has 0 saturated carbocycles. The average molecular weight is 278 g/mol. The molecule has 2 unspecified atom stereocenters. The van der Waals surface area contributed by atoms with Crippen molar-refractivity contribution in [1.82, 2.24) is 0 Å². The van der Waals surface area contributed by atoms with Crippen molar-refractivity contribution in [3.63, 3.8) is 0 Å². The van der Waals surface area contributed by atoms with E-state index in [9.17, 15) is 5.11 Å². The third-order valence-corrected chi connectivity index (χ3v) is 4.42. The zero-order valence-corrected chi connectivity index (χ0v) is 13.5. The second-order valence-corrected chi connectivity index (χ2v) is 5.97. The standard InChI is InChI=1S/C18H30O2/c1-5-8-15-18(19,17(4,7-3)14-6-2)20-16-12-10-9-11-13-16/h9-13,19H,5-8,14-15H2,1-4H3. The van der Waals surface area contributed by atoms with Gasteiger partial charge in [0.2, 0.25) is 5.79 Å². The van der Waals surface area contributed by atoms with Gasteiger partial charge < -0.3 is 9.84 Å². The molecule has 0 heterocycles. The molecule has 1 rings (SSSR count). The number of hydrogen-bond acceptors (Lipinski definition) is 2. The molecular weight excluding hydrogens is 248 g/mol. The van der Waals surface area contributed by atoms with Crippen molar-refractivity contribution in [2.45, 2.75) is 72.0 Å². The molecule has 1 aromatic carbocycles. The van der Waals surface area contributed by atoms with E-state index in [1.165, 1.54) is 0 Å². The molecule has 2 heteroatoms. The fourth-order valence-corrected chi connectivity index (χ4v) is 2.78. The van der Waals surface area contributed by atoms with Crippen LogP contribution in [0.2, 0.25) is 0 Å². The van der Waals surface area contributed by atoms with Crippen LogP contribution in [0.3, 0.4) is 0 Å². The third-order valence-electron chi connectivity index (χ3n) is 4.42. The highest BCUT2D eigenvalue weighted by atomic mass is 16.6. The Labute approximate surface area is 124 Å². The first-order chi connectivity index (χ1) is 9.51. The number of hydrogen-bond donors (Lipinski definition) is 1. The van der Waals surface area contributed by atoms with E-state index in [0.717, 1.165) is 37.9 Å². The summed E-state index contributed by atoms with van der Waals surface area (Å²) in [5.41, 5.74) is -0.216. The van der Waals surface area contributed by atoms with Crippen molar-refractivity contribution < 1.29 is 9.84 Å². The van der Waals surface area contributed by atoms with Crippen LogP contribution in [0.5, 0.6) is 5.75 Å². The SMILES string of the molecule is CCCCC(O)(Oc1ccccc1)C(C)(CC)CCC. The molecule has 0 aliphatic carbocycles. The Balaban J connectivity index is 3.00. The van der Waals surface area contributed by atoms with Crippen molar-refractivity contribution in [3.8, 4) is 5.75 Å². The summed E-state index contributed by atoms with van der Waals surface area (Å²) >= 11 is 0. The van der Waals surface area contributed by atoms with Crippen LogP contribution in [0.25, 0.3) is 0 Å². The van der Waals surface area contributed by atoms with Gasteiger partial charge in [-0.15, -0.1) is 0 Å². The molecule has 20 heavy (non-hydrogen) atoms. The van der Waals surface area contributed by atoms with Gasteiger partial charge in [-0.2, -0.15) is 0 Å². The summed E-state index contributed by atoms with van der Waals surface area (Å²) in [6.07, 6.45) is 5.65. The Bertz CT molecular complexity index is 376. The second kappa shape index (κ2) is 7.68. The predicted molar refractivity (Wildman–Crippen MR) is 84.9 cm³/mol. The zero-order chi connectivity index (χ0) is 15.1. The molecule has 0 saturated heterocycles. The van der Waals surface area contributed by atoms with Crippen molar-refractivity contribution in [2.24, 2.45) is 5.41 Å². The molecular formula is C18H30O2. The molecule has 1 aromatic rings. The van der Waals surface area contributed by atoms with Crippen LogP contribution in [0.15, 0.2) is 30.3 Å². The maximum absolute atomic E-state index is 11.2. The maximum atomic E-state index is 11.2. The summed E-state index contributed by atoms with van der Waals surface area (Å²) in [4.78, 5) is 0. The minimum atomic E-state index is -1.09. The summed E-state index contributed by atoms with van der Waals surface area (Å²) < 4.78 is 6.07. The summed E-state index contributed by atoms with van der Waals surface area (Å²) in [6.45, 7) is 8.60. The zero-order valence-electron chi connectivity index (χ0n) is 13.5. The highest BCUT2D eigenvalue weighted by Gasteiger charge is 2.46. The van der Waals surface area contributed by atoms with Gasteiger partial charge in [-0.25, -0.2) is 0 Å². The number of unbranched alkanes of at least 4 members (excludes halogenated alkanes) is 1. The van der Waals surface area contributed by atoms with Gasteiger partial charge in [0.15, 0.2) is 0 Å². The summed E-state index contributed by atoms with van der Waals surface area (Å²) in [6, 6.07) is 9.68. The monoisotopic (exact) mass is 278 g/mol. The van der Waals surface area contributed by atoms with Crippen molar-refractivity contribution in [2.75, 3.05) is 0 Å². The number of para-hydroxylation sites is 1. The molecule has 0 aliphatic rings. The van der Waals surface area contributed by atoms with Crippen LogP contribution in [0.4, 0.5) is 0 Å². The fraction of sp³-hybridized carbons (Fsp3) is 0.667. The Morgan fingerprint density at radius 3 is 2.15 bits per heavy atom. The normalized spacial score (nSPS) is 17.2. The number of aliphatic hydroxyl groups is 1. The Hall–Kier alpha value is -1.02. The second-order valence-electron chi connectivity index (χ2n) is 5.97. The van der Waals surface area contributed by atoms with Gasteiger partial charge in [0.1, 0.15) is 5.75 Å². The van der Waals surface area contributed by atoms with Gasteiger partial charge in [0, 0.05) is 11.8 Å². The molecule has 0 fully saturated rings. The predicted octanol–water partition coefficient (Wildman–Crippen LogP) is 5.16. The van der Waals surface area contributed by atoms with E-state index >= 15 is 0 Å². The Morgan fingerprint density at radius 2 is 1.65 bits per heavy atom. The lowest BCUT2D eigenvalue weighted by atomic mass is 9.73. The quantitative estimate of drug-likeness (QED) is 0.632. The summed E-state index contributed by atoms with van der Waals surface area (Å²) in [7, 11) is 0.